The van der Waals surface area contributed by atoms with E-state index in [0.29, 0.717) is 28.8 Å². The number of nitriles is 1. The highest BCUT2D eigenvalue weighted by molar-refractivity contribution is 7.89. The van der Waals surface area contributed by atoms with E-state index in [0.717, 1.165) is 37.1 Å². The molecular weight excluding hydrogens is 506 g/mol. The fourth-order valence-electron chi connectivity index (χ4n) is 4.30. The average molecular weight is 536 g/mol. The topological polar surface area (TPSA) is 163 Å². The third-order valence-corrected chi connectivity index (χ3v) is 7.11. The van der Waals surface area contributed by atoms with Gasteiger partial charge in [0.1, 0.15) is 5.75 Å². The van der Waals surface area contributed by atoms with Crippen molar-refractivity contribution in [1.82, 2.24) is 14.9 Å². The van der Waals surface area contributed by atoms with Crippen molar-refractivity contribution >= 4 is 27.6 Å². The molecule has 1 saturated heterocycles. The minimum absolute atomic E-state index is 0.00867. The molecule has 1 aromatic heterocycles. The van der Waals surface area contributed by atoms with Crippen LogP contribution in [0.25, 0.3) is 0 Å². The summed E-state index contributed by atoms with van der Waals surface area (Å²) in [7, 11) is -3.77. The van der Waals surface area contributed by atoms with Crippen LogP contribution in [0.1, 0.15) is 29.5 Å². The van der Waals surface area contributed by atoms with Gasteiger partial charge in [0.15, 0.2) is 0 Å². The molecule has 1 fully saturated rings. The van der Waals surface area contributed by atoms with Crippen LogP contribution in [-0.2, 0) is 14.8 Å². The van der Waals surface area contributed by atoms with Gasteiger partial charge < -0.3 is 15.4 Å². The molecule has 38 heavy (non-hydrogen) atoms. The predicted molar refractivity (Wildman–Crippen MR) is 142 cm³/mol. The summed E-state index contributed by atoms with van der Waals surface area (Å²) >= 11 is 0. The lowest BCUT2D eigenvalue weighted by Gasteiger charge is -2.31. The summed E-state index contributed by atoms with van der Waals surface area (Å²) in [6.45, 7) is 5.45. The van der Waals surface area contributed by atoms with Crippen LogP contribution in [-0.4, -0.2) is 54.9 Å². The van der Waals surface area contributed by atoms with E-state index < -0.39 is 10.0 Å². The summed E-state index contributed by atoms with van der Waals surface area (Å²) in [5, 5.41) is 20.4. The Morgan fingerprint density at radius 1 is 1.16 bits per heavy atom. The van der Waals surface area contributed by atoms with E-state index in [4.69, 9.17) is 15.1 Å². The molecule has 0 bridgehead atoms. The first kappa shape index (κ1) is 27.0. The first-order chi connectivity index (χ1) is 18.1. The fraction of sp³-hybridized carbons (Fsp3) is 0.308. The van der Waals surface area contributed by atoms with E-state index >= 15 is 0 Å². The van der Waals surface area contributed by atoms with Crippen LogP contribution in [0.15, 0.2) is 53.6 Å². The minimum Gasteiger partial charge on any atom is -0.438 e. The zero-order valence-corrected chi connectivity index (χ0v) is 22.0. The molecule has 11 nitrogen and oxygen atoms in total. The standard InChI is InChI=1S/C26H29N7O4S/c1-17-13-19(15-27)14-18(2)25(17)37-24-7-10-29-26(32-24)31-21-8-11-33(12-9-21)16-23(34)30-20-3-5-22(6-4-20)38(28,35)36/h3-7,10,13-14,21H,8-9,11-12,16H2,1-2H3,(H,30,34)(H2,28,35,36)(H,29,31,32). The smallest absolute Gasteiger partial charge is 0.238 e. The van der Waals surface area contributed by atoms with Gasteiger partial charge in [0, 0.05) is 37.1 Å². The number of amides is 1. The quantitative estimate of drug-likeness (QED) is 0.393. The number of anilines is 2. The molecule has 198 valence electrons. The van der Waals surface area contributed by atoms with Crippen molar-refractivity contribution in [2.24, 2.45) is 5.14 Å². The molecule has 1 aliphatic heterocycles. The second kappa shape index (κ2) is 11.6. The van der Waals surface area contributed by atoms with Crippen LogP contribution < -0.4 is 20.5 Å². The van der Waals surface area contributed by atoms with Crippen molar-refractivity contribution in [2.75, 3.05) is 30.3 Å². The first-order valence-electron chi connectivity index (χ1n) is 12.0. The van der Waals surface area contributed by atoms with Crippen molar-refractivity contribution < 1.29 is 17.9 Å². The number of hydrogen-bond donors (Lipinski definition) is 3. The summed E-state index contributed by atoms with van der Waals surface area (Å²) in [4.78, 5) is 23.3. The molecule has 4 N–H and O–H groups in total. The molecule has 1 aliphatic rings. The number of nitrogens with one attached hydrogen (secondary N) is 2. The van der Waals surface area contributed by atoms with Crippen molar-refractivity contribution in [1.29, 1.82) is 5.26 Å². The number of hydrogen-bond acceptors (Lipinski definition) is 9. The zero-order chi connectivity index (χ0) is 27.3. The SMILES string of the molecule is Cc1cc(C#N)cc(C)c1Oc1ccnc(NC2CCN(CC(=O)Nc3ccc(S(N)(=O)=O)cc3)CC2)n1. The molecule has 12 heteroatoms. The van der Waals surface area contributed by atoms with E-state index in [2.05, 4.69) is 31.6 Å². The highest BCUT2D eigenvalue weighted by Crippen LogP contribution is 2.29. The van der Waals surface area contributed by atoms with E-state index in [1.165, 1.54) is 24.3 Å². The Hall–Kier alpha value is -4.05. The van der Waals surface area contributed by atoms with Crippen LogP contribution in [0, 0.1) is 25.2 Å². The van der Waals surface area contributed by atoms with E-state index in [-0.39, 0.29) is 23.4 Å². The van der Waals surface area contributed by atoms with Gasteiger partial charge in [0.05, 0.1) is 23.1 Å². The molecule has 0 aliphatic carbocycles. The number of carbonyl (C=O) groups excluding carboxylic acids is 1. The largest absolute Gasteiger partial charge is 0.438 e. The molecule has 2 heterocycles. The lowest BCUT2D eigenvalue weighted by Crippen LogP contribution is -2.42. The highest BCUT2D eigenvalue weighted by atomic mass is 32.2. The molecule has 0 radical (unpaired) electrons. The number of nitrogens with zero attached hydrogens (tertiary/aromatic N) is 4. The van der Waals surface area contributed by atoms with Crippen LogP contribution in [0.2, 0.25) is 0 Å². The van der Waals surface area contributed by atoms with Gasteiger partial charge in [-0.2, -0.15) is 10.2 Å². The zero-order valence-electron chi connectivity index (χ0n) is 21.1. The third kappa shape index (κ3) is 7.04. The Bertz CT molecular complexity index is 1440. The average Bonchev–Trinajstić information content (AvgIpc) is 2.87. The van der Waals surface area contributed by atoms with Gasteiger partial charge in [0.2, 0.25) is 27.8 Å². The van der Waals surface area contributed by atoms with E-state index in [1.807, 2.05) is 13.8 Å². The number of nitrogens with two attached hydrogens (primary N) is 1. The number of benzene rings is 2. The lowest BCUT2D eigenvalue weighted by molar-refractivity contribution is -0.117. The lowest BCUT2D eigenvalue weighted by atomic mass is 10.1. The van der Waals surface area contributed by atoms with Crippen LogP contribution in [0.4, 0.5) is 11.6 Å². The summed E-state index contributed by atoms with van der Waals surface area (Å²) < 4.78 is 28.7. The maximum Gasteiger partial charge on any atom is 0.238 e. The maximum atomic E-state index is 12.4. The predicted octanol–water partition coefficient (Wildman–Crippen LogP) is 2.92. The van der Waals surface area contributed by atoms with E-state index in [9.17, 15) is 13.2 Å². The highest BCUT2D eigenvalue weighted by Gasteiger charge is 2.22. The molecule has 0 unspecified atom stereocenters. The van der Waals surface area contributed by atoms with Gasteiger partial charge in [-0.05, 0) is 74.2 Å². The fourth-order valence-corrected chi connectivity index (χ4v) is 4.81. The number of piperidine rings is 1. The minimum atomic E-state index is -3.77. The van der Waals surface area contributed by atoms with Gasteiger partial charge in [-0.15, -0.1) is 0 Å². The second-order valence-corrected chi connectivity index (χ2v) is 10.7. The summed E-state index contributed by atoms with van der Waals surface area (Å²) in [5.74, 6) is 1.36. The Morgan fingerprint density at radius 2 is 1.82 bits per heavy atom. The number of sulfonamides is 1. The number of rotatable bonds is 8. The molecule has 0 saturated carbocycles. The van der Waals surface area contributed by atoms with Crippen molar-refractivity contribution in [3.05, 3.63) is 65.4 Å². The van der Waals surface area contributed by atoms with Crippen molar-refractivity contribution in [2.45, 2.75) is 37.6 Å². The Labute approximate surface area is 221 Å². The molecule has 1 amide bonds. The summed E-state index contributed by atoms with van der Waals surface area (Å²) in [5.41, 5.74) is 2.79. The number of likely N-dealkylation sites (tertiary alicyclic amines) is 1. The van der Waals surface area contributed by atoms with Crippen LogP contribution >= 0.6 is 0 Å². The molecule has 4 rings (SSSR count). The molecule has 2 aromatic carbocycles. The second-order valence-electron chi connectivity index (χ2n) is 9.18. The summed E-state index contributed by atoms with van der Waals surface area (Å²) in [6, 6.07) is 13.3. The van der Waals surface area contributed by atoms with Crippen molar-refractivity contribution in [3.8, 4) is 17.7 Å². The number of aromatic nitrogens is 2. The Morgan fingerprint density at radius 3 is 2.42 bits per heavy atom. The first-order valence-corrected chi connectivity index (χ1v) is 13.6. The number of ether oxygens (including phenoxy) is 1. The monoisotopic (exact) mass is 535 g/mol. The van der Waals surface area contributed by atoms with Gasteiger partial charge in [0.25, 0.3) is 0 Å². The molecule has 0 atom stereocenters. The number of carbonyl (C=O) groups is 1. The maximum absolute atomic E-state index is 12.4. The third-order valence-electron chi connectivity index (χ3n) is 6.18. The molecular formula is C26H29N7O4S. The summed E-state index contributed by atoms with van der Waals surface area (Å²) in [6.07, 6.45) is 3.24. The molecule has 0 spiro atoms. The Balaban J connectivity index is 1.27. The van der Waals surface area contributed by atoms with Gasteiger partial charge >= 0.3 is 0 Å². The van der Waals surface area contributed by atoms with Gasteiger partial charge in [-0.25, -0.2) is 18.5 Å². The van der Waals surface area contributed by atoms with Gasteiger partial charge in [-0.3, -0.25) is 9.69 Å². The van der Waals surface area contributed by atoms with Crippen molar-refractivity contribution in [3.63, 3.8) is 0 Å². The Kier molecular flexibility index (Phi) is 8.21. The van der Waals surface area contributed by atoms with Crippen LogP contribution in [0.5, 0.6) is 11.6 Å². The van der Waals surface area contributed by atoms with E-state index in [1.54, 1.807) is 24.4 Å². The molecule has 3 aromatic rings. The number of primary sulfonamides is 1. The van der Waals surface area contributed by atoms with Gasteiger partial charge in [-0.1, -0.05) is 0 Å². The van der Waals surface area contributed by atoms with Crippen LogP contribution in [0.3, 0.4) is 0 Å². The normalized spacial score (nSPS) is 14.5. The number of aryl methyl sites for hydroxylation is 2.